The number of H-pyrrole nitrogens is 1. The molecular formula is C11H13FN4. The molecule has 0 radical (unpaired) electrons. The zero-order chi connectivity index (χ0) is 11.5. The van der Waals surface area contributed by atoms with Crippen LogP contribution < -0.4 is 10.6 Å². The molecule has 0 aliphatic rings. The van der Waals surface area contributed by atoms with Gasteiger partial charge in [-0.2, -0.15) is 5.10 Å². The second-order valence-electron chi connectivity index (χ2n) is 3.65. The molecule has 16 heavy (non-hydrogen) atoms. The fraction of sp³-hybridized carbons (Fsp3) is 0.182. The van der Waals surface area contributed by atoms with Gasteiger partial charge in [-0.1, -0.05) is 12.1 Å². The number of hydrogen-bond acceptors (Lipinski definition) is 3. The van der Waals surface area contributed by atoms with Gasteiger partial charge in [0.2, 0.25) is 0 Å². The third-order valence-corrected chi connectivity index (χ3v) is 2.39. The number of benzene rings is 1. The number of hydrogen-bond donors (Lipinski definition) is 2. The van der Waals surface area contributed by atoms with E-state index in [1.54, 1.807) is 18.3 Å². The highest BCUT2D eigenvalue weighted by molar-refractivity contribution is 5.61. The molecule has 0 aliphatic carbocycles. The maximum Gasteiger partial charge on any atom is 0.142 e. The van der Waals surface area contributed by atoms with Gasteiger partial charge in [0.25, 0.3) is 0 Å². The summed E-state index contributed by atoms with van der Waals surface area (Å²) in [5, 5.41) is 6.52. The van der Waals surface area contributed by atoms with Crippen molar-refractivity contribution < 1.29 is 4.39 Å². The maximum absolute atomic E-state index is 12.7. The van der Waals surface area contributed by atoms with E-state index in [4.69, 9.17) is 5.73 Å². The highest BCUT2D eigenvalue weighted by Crippen LogP contribution is 2.20. The first-order valence-electron chi connectivity index (χ1n) is 4.91. The third kappa shape index (κ3) is 2.13. The summed E-state index contributed by atoms with van der Waals surface area (Å²) in [5.41, 5.74) is 7.55. The molecule has 0 fully saturated rings. The van der Waals surface area contributed by atoms with E-state index in [1.165, 1.54) is 12.1 Å². The first kappa shape index (κ1) is 10.5. The molecule has 1 heterocycles. The van der Waals surface area contributed by atoms with E-state index in [1.807, 2.05) is 11.9 Å². The van der Waals surface area contributed by atoms with Gasteiger partial charge in [-0.25, -0.2) is 4.39 Å². The second-order valence-corrected chi connectivity index (χ2v) is 3.65. The van der Waals surface area contributed by atoms with Crippen LogP contribution in [0.15, 0.2) is 30.5 Å². The smallest absolute Gasteiger partial charge is 0.142 e. The van der Waals surface area contributed by atoms with E-state index in [9.17, 15) is 4.39 Å². The van der Waals surface area contributed by atoms with Crippen LogP contribution in [0.25, 0.3) is 0 Å². The van der Waals surface area contributed by atoms with Gasteiger partial charge in [-0.3, -0.25) is 5.10 Å². The third-order valence-electron chi connectivity index (χ3n) is 2.39. The van der Waals surface area contributed by atoms with Crippen molar-refractivity contribution in [1.29, 1.82) is 0 Å². The summed E-state index contributed by atoms with van der Waals surface area (Å²) >= 11 is 0. The van der Waals surface area contributed by atoms with E-state index < -0.39 is 0 Å². The van der Waals surface area contributed by atoms with Crippen molar-refractivity contribution in [3.63, 3.8) is 0 Å². The predicted molar refractivity (Wildman–Crippen MR) is 61.5 cm³/mol. The Kier molecular flexibility index (Phi) is 2.76. The number of rotatable bonds is 3. The molecule has 0 amide bonds. The average Bonchev–Trinajstić information content (AvgIpc) is 2.68. The molecule has 0 spiro atoms. The van der Waals surface area contributed by atoms with Crippen LogP contribution in [-0.4, -0.2) is 17.2 Å². The molecule has 0 atom stereocenters. The number of aromatic amines is 1. The molecule has 0 aliphatic heterocycles. The van der Waals surface area contributed by atoms with Gasteiger partial charge in [-0.05, 0) is 17.7 Å². The first-order chi connectivity index (χ1) is 7.66. The lowest BCUT2D eigenvalue weighted by Gasteiger charge is -2.17. The zero-order valence-corrected chi connectivity index (χ0v) is 8.94. The quantitative estimate of drug-likeness (QED) is 0.828. The number of anilines is 2. The Morgan fingerprint density at radius 1 is 1.38 bits per heavy atom. The molecule has 0 saturated heterocycles. The summed E-state index contributed by atoms with van der Waals surface area (Å²) in [6, 6.07) is 6.40. The van der Waals surface area contributed by atoms with Gasteiger partial charge in [-0.15, -0.1) is 0 Å². The fourth-order valence-corrected chi connectivity index (χ4v) is 1.54. The van der Waals surface area contributed by atoms with E-state index in [0.29, 0.717) is 12.4 Å². The molecule has 0 saturated carbocycles. The minimum atomic E-state index is -0.228. The lowest BCUT2D eigenvalue weighted by Crippen LogP contribution is -2.16. The summed E-state index contributed by atoms with van der Waals surface area (Å²) in [6.45, 7) is 0.657. The molecule has 84 valence electrons. The van der Waals surface area contributed by atoms with Crippen LogP contribution in [0.4, 0.5) is 15.9 Å². The van der Waals surface area contributed by atoms with Gasteiger partial charge < -0.3 is 10.6 Å². The van der Waals surface area contributed by atoms with Crippen molar-refractivity contribution in [1.82, 2.24) is 10.2 Å². The van der Waals surface area contributed by atoms with Crippen LogP contribution in [-0.2, 0) is 6.54 Å². The van der Waals surface area contributed by atoms with Crippen LogP contribution in [0.3, 0.4) is 0 Å². The van der Waals surface area contributed by atoms with E-state index >= 15 is 0 Å². The molecule has 0 unspecified atom stereocenters. The minimum Gasteiger partial charge on any atom is -0.382 e. The highest BCUT2D eigenvalue weighted by Gasteiger charge is 2.07. The molecule has 4 nitrogen and oxygen atoms in total. The second kappa shape index (κ2) is 4.22. The predicted octanol–water partition coefficient (Wildman–Crippen LogP) is 1.77. The van der Waals surface area contributed by atoms with Gasteiger partial charge in [0.15, 0.2) is 0 Å². The largest absolute Gasteiger partial charge is 0.382 e. The summed E-state index contributed by atoms with van der Waals surface area (Å²) < 4.78 is 12.7. The standard InChI is InChI=1S/C11H13FN4/c1-16(10-6-14-15-11(10)13)7-8-2-4-9(12)5-3-8/h2-6H,7H2,1H3,(H3,13,14,15). The Morgan fingerprint density at radius 3 is 2.62 bits per heavy atom. The van der Waals surface area contributed by atoms with Gasteiger partial charge in [0.1, 0.15) is 11.6 Å². The minimum absolute atomic E-state index is 0.228. The molecular weight excluding hydrogens is 207 g/mol. The van der Waals surface area contributed by atoms with Crippen LogP contribution in [0, 0.1) is 5.82 Å². The molecule has 1 aromatic heterocycles. The topological polar surface area (TPSA) is 57.9 Å². The van der Waals surface area contributed by atoms with Crippen molar-refractivity contribution in [2.24, 2.45) is 0 Å². The molecule has 2 aromatic rings. The lowest BCUT2D eigenvalue weighted by molar-refractivity contribution is 0.627. The first-order valence-corrected chi connectivity index (χ1v) is 4.91. The number of nitrogens with zero attached hydrogens (tertiary/aromatic N) is 2. The van der Waals surface area contributed by atoms with E-state index in [2.05, 4.69) is 10.2 Å². The number of nitrogens with one attached hydrogen (secondary N) is 1. The number of aromatic nitrogens is 2. The van der Waals surface area contributed by atoms with E-state index in [0.717, 1.165) is 11.3 Å². The Morgan fingerprint density at radius 2 is 2.06 bits per heavy atom. The Balaban J connectivity index is 2.10. The summed E-state index contributed by atoms with van der Waals surface area (Å²) in [5.74, 6) is 0.304. The molecule has 5 heteroatoms. The van der Waals surface area contributed by atoms with Crippen molar-refractivity contribution >= 4 is 11.5 Å². The van der Waals surface area contributed by atoms with Crippen LogP contribution in [0.2, 0.25) is 0 Å². The summed E-state index contributed by atoms with van der Waals surface area (Å²) in [7, 11) is 1.91. The van der Waals surface area contributed by atoms with Gasteiger partial charge in [0.05, 0.1) is 11.9 Å². The molecule has 2 rings (SSSR count). The van der Waals surface area contributed by atoms with Gasteiger partial charge in [0, 0.05) is 13.6 Å². The Labute approximate surface area is 92.9 Å². The number of halogens is 1. The normalized spacial score (nSPS) is 10.4. The van der Waals surface area contributed by atoms with Crippen molar-refractivity contribution in [2.45, 2.75) is 6.54 Å². The van der Waals surface area contributed by atoms with Crippen molar-refractivity contribution in [3.05, 3.63) is 41.8 Å². The zero-order valence-electron chi connectivity index (χ0n) is 8.94. The van der Waals surface area contributed by atoms with Crippen molar-refractivity contribution in [3.8, 4) is 0 Å². The maximum atomic E-state index is 12.7. The van der Waals surface area contributed by atoms with Crippen molar-refractivity contribution in [2.75, 3.05) is 17.7 Å². The van der Waals surface area contributed by atoms with Gasteiger partial charge >= 0.3 is 0 Å². The highest BCUT2D eigenvalue weighted by atomic mass is 19.1. The monoisotopic (exact) mass is 220 g/mol. The average molecular weight is 220 g/mol. The fourth-order valence-electron chi connectivity index (χ4n) is 1.54. The van der Waals surface area contributed by atoms with Crippen LogP contribution >= 0.6 is 0 Å². The van der Waals surface area contributed by atoms with Crippen LogP contribution in [0.5, 0.6) is 0 Å². The molecule has 3 N–H and O–H groups in total. The summed E-state index contributed by atoms with van der Waals surface area (Å²) in [6.07, 6.45) is 1.67. The lowest BCUT2D eigenvalue weighted by atomic mass is 10.2. The molecule has 0 bridgehead atoms. The SMILES string of the molecule is CN(Cc1ccc(F)cc1)c1cn[nH]c1N. The number of nitrogen functional groups attached to an aromatic ring is 1. The van der Waals surface area contributed by atoms with Crippen LogP contribution in [0.1, 0.15) is 5.56 Å². The van der Waals surface area contributed by atoms with E-state index in [-0.39, 0.29) is 5.82 Å². The Bertz CT molecular complexity index is 463. The molecule has 1 aromatic carbocycles. The summed E-state index contributed by atoms with van der Waals surface area (Å²) in [4.78, 5) is 1.95. The Hall–Kier alpha value is -2.04. The number of nitrogens with two attached hydrogens (primary N) is 1.